The van der Waals surface area contributed by atoms with Crippen molar-refractivity contribution >= 4 is 12.7 Å². The SMILES string of the molecule is O=[P@]1(Cc2ccccc2)OCCc2ccccc21. The largest absolute Gasteiger partial charge is 0.325 e. The van der Waals surface area contributed by atoms with Gasteiger partial charge >= 0.3 is 0 Å². The van der Waals surface area contributed by atoms with Crippen LogP contribution in [0, 0.1) is 0 Å². The first-order chi connectivity index (χ1) is 8.78. The lowest BCUT2D eigenvalue weighted by Crippen LogP contribution is -2.21. The van der Waals surface area contributed by atoms with Crippen molar-refractivity contribution < 1.29 is 9.09 Å². The van der Waals surface area contributed by atoms with Crippen molar-refractivity contribution in [1.29, 1.82) is 0 Å². The third-order valence-electron chi connectivity index (χ3n) is 3.26. The molecule has 0 aliphatic carbocycles. The summed E-state index contributed by atoms with van der Waals surface area (Å²) in [6, 6.07) is 17.8. The van der Waals surface area contributed by atoms with Crippen molar-refractivity contribution in [1.82, 2.24) is 0 Å². The van der Waals surface area contributed by atoms with Gasteiger partial charge in [-0.25, -0.2) is 0 Å². The third-order valence-corrected chi connectivity index (χ3v) is 5.81. The van der Waals surface area contributed by atoms with Gasteiger partial charge in [0.1, 0.15) is 0 Å². The molecule has 0 unspecified atom stereocenters. The minimum atomic E-state index is -2.73. The summed E-state index contributed by atoms with van der Waals surface area (Å²) in [5.74, 6) is 0. The maximum atomic E-state index is 13.0. The van der Waals surface area contributed by atoms with E-state index in [0.717, 1.165) is 17.3 Å². The van der Waals surface area contributed by atoms with E-state index >= 15 is 0 Å². The molecule has 18 heavy (non-hydrogen) atoms. The predicted octanol–water partition coefficient (Wildman–Crippen LogP) is 3.36. The topological polar surface area (TPSA) is 26.3 Å². The maximum absolute atomic E-state index is 13.0. The Labute approximate surface area is 107 Å². The van der Waals surface area contributed by atoms with E-state index in [-0.39, 0.29) is 0 Å². The van der Waals surface area contributed by atoms with E-state index in [1.807, 2.05) is 48.5 Å². The van der Waals surface area contributed by atoms with Crippen LogP contribution in [0.5, 0.6) is 0 Å². The highest BCUT2D eigenvalue weighted by molar-refractivity contribution is 7.66. The van der Waals surface area contributed by atoms with Crippen LogP contribution in [-0.4, -0.2) is 6.61 Å². The molecule has 1 atom stereocenters. The number of rotatable bonds is 2. The van der Waals surface area contributed by atoms with Crippen LogP contribution in [0.15, 0.2) is 54.6 Å². The minimum Gasteiger partial charge on any atom is -0.325 e. The van der Waals surface area contributed by atoms with E-state index in [9.17, 15) is 4.57 Å². The lowest BCUT2D eigenvalue weighted by Gasteiger charge is -2.26. The van der Waals surface area contributed by atoms with Crippen molar-refractivity contribution in [2.45, 2.75) is 12.6 Å². The summed E-state index contributed by atoms with van der Waals surface area (Å²) in [6.07, 6.45) is 1.35. The predicted molar refractivity (Wildman–Crippen MR) is 73.5 cm³/mol. The molecule has 0 saturated carbocycles. The molecule has 0 fully saturated rings. The lowest BCUT2D eigenvalue weighted by molar-refractivity contribution is 0.316. The van der Waals surface area contributed by atoms with Gasteiger partial charge in [0, 0.05) is 5.30 Å². The van der Waals surface area contributed by atoms with Crippen LogP contribution in [0.3, 0.4) is 0 Å². The fourth-order valence-corrected chi connectivity index (χ4v) is 4.80. The molecule has 3 heteroatoms. The normalized spacial score (nSPS) is 22.4. The molecule has 2 aromatic carbocycles. The highest BCUT2D eigenvalue weighted by Gasteiger charge is 2.31. The molecule has 0 bridgehead atoms. The van der Waals surface area contributed by atoms with Gasteiger partial charge in [-0.1, -0.05) is 48.5 Å². The van der Waals surface area contributed by atoms with Gasteiger partial charge < -0.3 is 4.52 Å². The molecular formula is C15H15O2P. The molecule has 1 aliphatic rings. The van der Waals surface area contributed by atoms with E-state index in [2.05, 4.69) is 6.07 Å². The molecule has 2 aromatic rings. The van der Waals surface area contributed by atoms with Gasteiger partial charge in [0.2, 0.25) is 7.37 Å². The molecule has 2 nitrogen and oxygen atoms in total. The molecule has 1 aliphatic heterocycles. The summed E-state index contributed by atoms with van der Waals surface area (Å²) in [4.78, 5) is 0. The number of fused-ring (bicyclic) bond motifs is 1. The first-order valence-corrected chi connectivity index (χ1v) is 7.95. The number of hydrogen-bond donors (Lipinski definition) is 0. The van der Waals surface area contributed by atoms with Crippen LogP contribution < -0.4 is 5.30 Å². The second-order valence-electron chi connectivity index (χ2n) is 4.53. The molecule has 0 radical (unpaired) electrons. The quantitative estimate of drug-likeness (QED) is 0.772. The lowest BCUT2D eigenvalue weighted by atomic mass is 10.2. The average molecular weight is 258 g/mol. The van der Waals surface area contributed by atoms with E-state index in [4.69, 9.17) is 4.52 Å². The van der Waals surface area contributed by atoms with Crippen LogP contribution in [0.4, 0.5) is 0 Å². The Morgan fingerprint density at radius 2 is 1.72 bits per heavy atom. The molecule has 0 N–H and O–H groups in total. The molecule has 0 amide bonds. The fraction of sp³-hybridized carbons (Fsp3) is 0.200. The Kier molecular flexibility index (Phi) is 3.07. The fourth-order valence-electron chi connectivity index (χ4n) is 2.38. The van der Waals surface area contributed by atoms with Crippen molar-refractivity contribution in [3.8, 4) is 0 Å². The van der Waals surface area contributed by atoms with E-state index < -0.39 is 7.37 Å². The summed E-state index contributed by atoms with van der Waals surface area (Å²) in [6.45, 7) is 0.557. The van der Waals surface area contributed by atoms with Gasteiger partial charge in [0.25, 0.3) is 0 Å². The molecule has 92 valence electrons. The highest BCUT2D eigenvalue weighted by Crippen LogP contribution is 2.51. The Hall–Kier alpha value is -1.37. The maximum Gasteiger partial charge on any atom is 0.236 e. The highest BCUT2D eigenvalue weighted by atomic mass is 31.2. The molecule has 0 saturated heterocycles. The van der Waals surface area contributed by atoms with Crippen LogP contribution in [0.25, 0.3) is 0 Å². The summed E-state index contributed by atoms with van der Waals surface area (Å²) in [5, 5.41) is 0.903. The molecule has 0 spiro atoms. The van der Waals surface area contributed by atoms with Crippen molar-refractivity contribution in [2.75, 3.05) is 6.61 Å². The van der Waals surface area contributed by atoms with Crippen LogP contribution >= 0.6 is 7.37 Å². The van der Waals surface area contributed by atoms with Gasteiger partial charge in [-0.2, -0.15) is 0 Å². The number of benzene rings is 2. The minimum absolute atomic E-state index is 0.491. The molecule has 3 rings (SSSR count). The average Bonchev–Trinajstić information content (AvgIpc) is 2.40. The molecule has 0 aromatic heterocycles. The zero-order valence-corrected chi connectivity index (χ0v) is 11.0. The molecule has 1 heterocycles. The Morgan fingerprint density at radius 3 is 2.56 bits per heavy atom. The van der Waals surface area contributed by atoms with E-state index in [0.29, 0.717) is 12.8 Å². The van der Waals surface area contributed by atoms with Crippen molar-refractivity contribution in [2.24, 2.45) is 0 Å². The van der Waals surface area contributed by atoms with Crippen molar-refractivity contribution in [3.63, 3.8) is 0 Å². The smallest absolute Gasteiger partial charge is 0.236 e. The second-order valence-corrected chi connectivity index (χ2v) is 6.93. The molecular weight excluding hydrogens is 243 g/mol. The summed E-state index contributed by atoms with van der Waals surface area (Å²) in [5.41, 5.74) is 2.24. The summed E-state index contributed by atoms with van der Waals surface area (Å²) < 4.78 is 18.7. The zero-order chi connectivity index (χ0) is 12.4. The Bertz CT molecular complexity index is 592. The first-order valence-electron chi connectivity index (χ1n) is 6.14. The second kappa shape index (κ2) is 4.72. The van der Waals surface area contributed by atoms with Crippen LogP contribution in [0.2, 0.25) is 0 Å². The van der Waals surface area contributed by atoms with Gasteiger partial charge in [0.15, 0.2) is 0 Å². The van der Waals surface area contributed by atoms with E-state index in [1.54, 1.807) is 0 Å². The summed E-state index contributed by atoms with van der Waals surface area (Å²) in [7, 11) is -2.73. The van der Waals surface area contributed by atoms with Gasteiger partial charge in [0.05, 0.1) is 12.8 Å². The van der Waals surface area contributed by atoms with Gasteiger partial charge in [-0.15, -0.1) is 0 Å². The summed E-state index contributed by atoms with van der Waals surface area (Å²) >= 11 is 0. The van der Waals surface area contributed by atoms with Gasteiger partial charge in [-0.05, 0) is 23.6 Å². The van der Waals surface area contributed by atoms with Crippen molar-refractivity contribution in [3.05, 3.63) is 65.7 Å². The van der Waals surface area contributed by atoms with Crippen LogP contribution in [-0.2, 0) is 21.7 Å². The standard InChI is InChI=1S/C15H15O2P/c16-18(12-13-6-2-1-3-7-13)15-9-5-4-8-14(15)10-11-17-18/h1-9H,10-12H2/t18-/m1/s1. The van der Waals surface area contributed by atoms with Crippen LogP contribution in [0.1, 0.15) is 11.1 Å². The Morgan fingerprint density at radius 1 is 1.00 bits per heavy atom. The zero-order valence-electron chi connectivity index (χ0n) is 10.1. The van der Waals surface area contributed by atoms with E-state index in [1.165, 1.54) is 5.56 Å². The number of hydrogen-bond acceptors (Lipinski definition) is 2. The van der Waals surface area contributed by atoms with Gasteiger partial charge in [-0.3, -0.25) is 4.57 Å². The first kappa shape index (κ1) is 11.7. The third kappa shape index (κ3) is 2.14. The Balaban J connectivity index is 1.99. The monoisotopic (exact) mass is 258 g/mol.